The maximum atomic E-state index is 11.3. The summed E-state index contributed by atoms with van der Waals surface area (Å²) < 4.78 is 1.18. The molecule has 0 radical (unpaired) electrons. The van der Waals surface area contributed by atoms with E-state index in [0.29, 0.717) is 10.8 Å². The van der Waals surface area contributed by atoms with Crippen LogP contribution in [0.25, 0.3) is 0 Å². The molecule has 2 aromatic rings. The van der Waals surface area contributed by atoms with E-state index in [9.17, 15) is 9.59 Å². The molecule has 0 unspecified atom stereocenters. The third kappa shape index (κ3) is 5.49. The maximum Gasteiger partial charge on any atom is 0.221 e. The van der Waals surface area contributed by atoms with Gasteiger partial charge in [-0.1, -0.05) is 18.2 Å². The van der Waals surface area contributed by atoms with Gasteiger partial charge in [-0.3, -0.25) is 9.59 Å². The molecule has 0 spiro atoms. The zero-order chi connectivity index (χ0) is 28.4. The number of rotatable bonds is 4. The molecule has 4 nitrogen and oxygen atoms in total. The normalized spacial score (nSPS) is 37.3. The second kappa shape index (κ2) is 10.7. The van der Waals surface area contributed by atoms with E-state index >= 15 is 0 Å². The number of amides is 2. The molecule has 5 heteroatoms. The molecular weight excluding hydrogens is 619 g/mol. The van der Waals surface area contributed by atoms with Crippen LogP contribution in [0.2, 0.25) is 0 Å². The topological polar surface area (TPSA) is 58.2 Å². The van der Waals surface area contributed by atoms with E-state index in [0.717, 1.165) is 46.9 Å². The molecule has 0 aromatic heterocycles. The summed E-state index contributed by atoms with van der Waals surface area (Å²) in [5.74, 6) is 5.89. The summed E-state index contributed by atoms with van der Waals surface area (Å²) in [4.78, 5) is 22.4. The highest BCUT2D eigenvalue weighted by atomic mass is 127. The van der Waals surface area contributed by atoms with Crippen molar-refractivity contribution in [2.45, 2.75) is 102 Å². The highest BCUT2D eigenvalue weighted by Crippen LogP contribution is 2.62. The third-order valence-electron chi connectivity index (χ3n) is 11.8. The fourth-order valence-corrected chi connectivity index (χ4v) is 11.8. The van der Waals surface area contributed by atoms with E-state index in [1.807, 2.05) is 0 Å². The molecule has 8 fully saturated rings. The Bertz CT molecular complexity index is 1260. The van der Waals surface area contributed by atoms with Crippen LogP contribution in [-0.4, -0.2) is 11.8 Å². The van der Waals surface area contributed by atoms with Gasteiger partial charge in [0.05, 0.1) is 5.69 Å². The maximum absolute atomic E-state index is 11.3. The van der Waals surface area contributed by atoms with Crippen molar-refractivity contribution in [3.05, 3.63) is 57.2 Å². The smallest absolute Gasteiger partial charge is 0.221 e. The third-order valence-corrected chi connectivity index (χ3v) is 12.7. The van der Waals surface area contributed by atoms with Crippen LogP contribution in [0.3, 0.4) is 0 Å². The van der Waals surface area contributed by atoms with E-state index < -0.39 is 0 Å². The summed E-state index contributed by atoms with van der Waals surface area (Å²) >= 11 is 2.36. The molecule has 8 saturated carbocycles. The highest BCUT2D eigenvalue weighted by molar-refractivity contribution is 14.1. The molecule has 2 amide bonds. The first-order valence-electron chi connectivity index (χ1n) is 16.1. The lowest BCUT2D eigenvalue weighted by Crippen LogP contribution is -2.48. The van der Waals surface area contributed by atoms with Crippen LogP contribution in [0.5, 0.6) is 0 Å². The Balaban J connectivity index is 0.000000135. The van der Waals surface area contributed by atoms with Crippen molar-refractivity contribution in [3.63, 3.8) is 0 Å². The van der Waals surface area contributed by atoms with E-state index in [-0.39, 0.29) is 11.8 Å². The molecule has 10 rings (SSSR count). The number of anilines is 2. The first-order chi connectivity index (χ1) is 19.7. The van der Waals surface area contributed by atoms with E-state index in [1.165, 1.54) is 91.7 Å². The number of hydrogen-bond donors (Lipinski definition) is 2. The van der Waals surface area contributed by atoms with Crippen LogP contribution in [-0.2, 0) is 20.4 Å². The molecule has 2 N–H and O–H groups in total. The van der Waals surface area contributed by atoms with Crippen LogP contribution >= 0.6 is 22.6 Å². The van der Waals surface area contributed by atoms with Crippen LogP contribution in [0, 0.1) is 39.1 Å². The lowest BCUT2D eigenvalue weighted by Gasteiger charge is -2.57. The predicted octanol–water partition coefficient (Wildman–Crippen LogP) is 8.83. The number of nitrogens with one attached hydrogen (secondary N) is 2. The van der Waals surface area contributed by atoms with E-state index in [1.54, 1.807) is 13.8 Å². The second-order valence-corrected chi connectivity index (χ2v) is 16.2. The molecule has 2 aromatic carbocycles. The van der Waals surface area contributed by atoms with Crippen molar-refractivity contribution in [3.8, 4) is 0 Å². The van der Waals surface area contributed by atoms with Crippen LogP contribution < -0.4 is 10.6 Å². The fraction of sp³-hybridized carbons (Fsp3) is 0.611. The van der Waals surface area contributed by atoms with Gasteiger partial charge in [0.1, 0.15) is 0 Å². The summed E-state index contributed by atoms with van der Waals surface area (Å²) in [6, 6.07) is 15.4. The zero-order valence-electron chi connectivity index (χ0n) is 24.7. The van der Waals surface area contributed by atoms with Gasteiger partial charge in [0, 0.05) is 23.1 Å². The van der Waals surface area contributed by atoms with Gasteiger partial charge in [0.15, 0.2) is 0 Å². The first-order valence-corrected chi connectivity index (χ1v) is 17.2. The van der Waals surface area contributed by atoms with Crippen molar-refractivity contribution in [1.29, 1.82) is 0 Å². The number of hydrogen-bond acceptors (Lipinski definition) is 2. The second-order valence-electron chi connectivity index (χ2n) is 15.0. The molecule has 8 aliphatic carbocycles. The van der Waals surface area contributed by atoms with Crippen molar-refractivity contribution in [1.82, 2.24) is 0 Å². The number of carbonyl (C=O) groups is 2. The largest absolute Gasteiger partial charge is 0.326 e. The van der Waals surface area contributed by atoms with Gasteiger partial charge in [0.25, 0.3) is 0 Å². The van der Waals surface area contributed by atoms with Crippen molar-refractivity contribution in [2.24, 2.45) is 35.5 Å². The van der Waals surface area contributed by atoms with Crippen LogP contribution in [0.4, 0.5) is 11.4 Å². The van der Waals surface area contributed by atoms with Crippen LogP contribution in [0.1, 0.15) is 102 Å². The fourth-order valence-electron chi connectivity index (χ4n) is 11.2. The average Bonchev–Trinajstić information content (AvgIpc) is 2.88. The first kappa shape index (κ1) is 27.9. The van der Waals surface area contributed by atoms with Crippen molar-refractivity contribution in [2.75, 3.05) is 10.6 Å². The summed E-state index contributed by atoms with van der Waals surface area (Å²) in [6.45, 7) is 3.13. The van der Waals surface area contributed by atoms with Crippen molar-refractivity contribution >= 4 is 45.8 Å². The zero-order valence-corrected chi connectivity index (χ0v) is 26.8. The quantitative estimate of drug-likeness (QED) is 0.321. The van der Waals surface area contributed by atoms with Gasteiger partial charge in [-0.25, -0.2) is 0 Å². The van der Waals surface area contributed by atoms with E-state index in [2.05, 4.69) is 75.7 Å². The average molecular weight is 665 g/mol. The Labute approximate surface area is 259 Å². The molecule has 0 heterocycles. The predicted molar refractivity (Wildman–Crippen MR) is 174 cm³/mol. The molecule has 0 aliphatic heterocycles. The standard InChI is InChI=1S/C18H22INO.C18H23NO/c1-11(21)20-17-3-2-15(7-16(17)19)18-8-12-4-13(9-18)6-14(5-12)10-18;1-12(20)19-17-4-2-16(3-5-17)18-9-13-6-14(10-18)8-15(7-13)11-18/h2-3,7,12-14H,4-6,8-10H2,1H3,(H,20,21);2-5,13-15H,6-11H2,1H3,(H,19,20). The molecule has 218 valence electrons. The SMILES string of the molecule is CC(=O)Nc1ccc(C23CC4CC(CC(C4)C2)C3)cc1.CC(=O)Nc1ccc(C23CC4CC(CC(C4)C2)C3)cc1I. The minimum atomic E-state index is 0.00699. The molecule has 41 heavy (non-hydrogen) atoms. The van der Waals surface area contributed by atoms with Gasteiger partial charge < -0.3 is 10.6 Å². The van der Waals surface area contributed by atoms with Gasteiger partial charge in [-0.05, 0) is 181 Å². The molecule has 8 aliphatic rings. The molecule has 0 saturated heterocycles. The Hall–Kier alpha value is -1.89. The Kier molecular flexibility index (Phi) is 7.27. The number of carbonyl (C=O) groups excluding carboxylic acids is 2. The number of halogens is 1. The summed E-state index contributed by atoms with van der Waals surface area (Å²) in [5, 5.41) is 5.79. The van der Waals surface area contributed by atoms with Crippen LogP contribution in [0.15, 0.2) is 42.5 Å². The molecule has 8 bridgehead atoms. The highest BCUT2D eigenvalue weighted by Gasteiger charge is 2.52. The lowest BCUT2D eigenvalue weighted by atomic mass is 9.48. The van der Waals surface area contributed by atoms with Gasteiger partial charge >= 0.3 is 0 Å². The summed E-state index contributed by atoms with van der Waals surface area (Å²) in [5.41, 5.74) is 5.83. The minimum Gasteiger partial charge on any atom is -0.326 e. The monoisotopic (exact) mass is 664 g/mol. The Morgan fingerprint density at radius 2 is 1.00 bits per heavy atom. The summed E-state index contributed by atoms with van der Waals surface area (Å²) in [6.07, 6.45) is 17.3. The van der Waals surface area contributed by atoms with Gasteiger partial charge in [0.2, 0.25) is 11.8 Å². The molecular formula is C36H45IN2O2. The Morgan fingerprint density at radius 1 is 0.610 bits per heavy atom. The van der Waals surface area contributed by atoms with E-state index in [4.69, 9.17) is 0 Å². The molecule has 0 atom stereocenters. The minimum absolute atomic E-state index is 0.00699. The van der Waals surface area contributed by atoms with Gasteiger partial charge in [-0.2, -0.15) is 0 Å². The Morgan fingerprint density at radius 3 is 1.39 bits per heavy atom. The van der Waals surface area contributed by atoms with Gasteiger partial charge in [-0.15, -0.1) is 0 Å². The lowest BCUT2D eigenvalue weighted by molar-refractivity contribution is -0.115. The number of benzene rings is 2. The summed E-state index contributed by atoms with van der Waals surface area (Å²) in [7, 11) is 0. The van der Waals surface area contributed by atoms with Crippen molar-refractivity contribution < 1.29 is 9.59 Å².